The molecule has 2 aliphatic rings. The van der Waals surface area contributed by atoms with Gasteiger partial charge in [-0.15, -0.1) is 0 Å². The van der Waals surface area contributed by atoms with E-state index in [0.29, 0.717) is 11.5 Å². The third-order valence-electron chi connectivity index (χ3n) is 8.43. The Morgan fingerprint density at radius 3 is 2.68 bits per heavy atom. The number of nitrogens with one attached hydrogen (secondary N) is 1. The van der Waals surface area contributed by atoms with Crippen molar-refractivity contribution in [3.63, 3.8) is 0 Å². The fourth-order valence-corrected chi connectivity index (χ4v) is 6.70. The van der Waals surface area contributed by atoms with Gasteiger partial charge < -0.3 is 24.5 Å². The molecule has 6 heteroatoms. The summed E-state index contributed by atoms with van der Waals surface area (Å²) < 4.78 is 4.92. The van der Waals surface area contributed by atoms with Crippen LogP contribution in [0.3, 0.4) is 0 Å². The molecule has 4 aromatic rings. The molecule has 2 N–H and O–H groups in total. The lowest BCUT2D eigenvalue weighted by Crippen LogP contribution is -2.26. The molecule has 0 spiro atoms. The van der Waals surface area contributed by atoms with Gasteiger partial charge in [-0.1, -0.05) is 43.5 Å². The number of para-hydroxylation sites is 1. The second-order valence-corrected chi connectivity index (χ2v) is 11.2. The van der Waals surface area contributed by atoms with Crippen LogP contribution in [0.15, 0.2) is 42.6 Å². The number of benzene rings is 2. The Labute approximate surface area is 218 Å². The summed E-state index contributed by atoms with van der Waals surface area (Å²) in [4.78, 5) is 14.1. The van der Waals surface area contributed by atoms with Crippen LogP contribution >= 0.6 is 0 Å². The van der Waals surface area contributed by atoms with Crippen LogP contribution in [0.25, 0.3) is 33.1 Å². The summed E-state index contributed by atoms with van der Waals surface area (Å²) in [6.07, 6.45) is 9.66. The summed E-state index contributed by atoms with van der Waals surface area (Å²) in [7, 11) is 4.22. The number of carboxylic acid groups (broad SMARTS) is 1. The van der Waals surface area contributed by atoms with Crippen molar-refractivity contribution in [1.82, 2.24) is 19.4 Å². The molecule has 6 nitrogen and oxygen atoms in total. The summed E-state index contributed by atoms with van der Waals surface area (Å²) in [5, 5.41) is 16.0. The zero-order chi connectivity index (χ0) is 25.5. The standard InChI is InChI=1S/C31H38N4O2/c1-33(2)17-14-32-19-23-20-34-15-7-16-35-27-18-22(31(36)37)12-13-25(27)28(21-8-4-3-5-9-21)30(35)26-11-6-10-24(23)29(26)34/h6,10-13,18,20-21,32H,3-5,7-9,14-17,19H2,1-2H3,(H,36,37). The molecule has 194 valence electrons. The molecule has 2 aromatic carbocycles. The number of aromatic nitrogens is 2. The van der Waals surface area contributed by atoms with Crippen LogP contribution in [0.2, 0.25) is 0 Å². The van der Waals surface area contributed by atoms with Crippen molar-refractivity contribution < 1.29 is 9.90 Å². The molecule has 1 aliphatic heterocycles. The minimum absolute atomic E-state index is 0.373. The molecule has 1 saturated carbocycles. The van der Waals surface area contributed by atoms with E-state index in [2.05, 4.69) is 63.9 Å². The number of aromatic carboxylic acids is 1. The van der Waals surface area contributed by atoms with Crippen molar-refractivity contribution in [3.8, 4) is 11.3 Å². The van der Waals surface area contributed by atoms with Gasteiger partial charge in [-0.25, -0.2) is 4.79 Å². The second-order valence-electron chi connectivity index (χ2n) is 11.2. The lowest BCUT2D eigenvalue weighted by molar-refractivity contribution is 0.0697. The topological polar surface area (TPSA) is 62.4 Å². The van der Waals surface area contributed by atoms with Crippen molar-refractivity contribution in [2.75, 3.05) is 27.2 Å². The van der Waals surface area contributed by atoms with E-state index in [4.69, 9.17) is 0 Å². The van der Waals surface area contributed by atoms with Gasteiger partial charge in [-0.3, -0.25) is 0 Å². The average molecular weight is 499 g/mol. The van der Waals surface area contributed by atoms with Crippen molar-refractivity contribution in [3.05, 3.63) is 59.3 Å². The number of carboxylic acids is 1. The Balaban J connectivity index is 1.55. The van der Waals surface area contributed by atoms with Crippen LogP contribution < -0.4 is 5.32 Å². The number of carbonyl (C=O) groups is 1. The van der Waals surface area contributed by atoms with Gasteiger partial charge in [0.2, 0.25) is 0 Å². The molecule has 0 unspecified atom stereocenters. The van der Waals surface area contributed by atoms with E-state index in [9.17, 15) is 9.90 Å². The highest BCUT2D eigenvalue weighted by Gasteiger charge is 2.29. The average Bonchev–Trinajstić information content (AvgIpc) is 3.41. The maximum atomic E-state index is 11.9. The van der Waals surface area contributed by atoms with Gasteiger partial charge in [0.05, 0.1) is 16.8 Å². The maximum absolute atomic E-state index is 11.9. The Hall–Kier alpha value is -3.09. The number of likely N-dealkylation sites (N-methyl/N-ethyl adjacent to an activating group) is 1. The second kappa shape index (κ2) is 9.99. The maximum Gasteiger partial charge on any atom is 0.335 e. The van der Waals surface area contributed by atoms with Gasteiger partial charge in [-0.05, 0) is 62.5 Å². The minimum Gasteiger partial charge on any atom is -0.478 e. The summed E-state index contributed by atoms with van der Waals surface area (Å²) in [5.74, 6) is -0.335. The zero-order valence-corrected chi connectivity index (χ0v) is 22.1. The Bertz CT molecular complexity index is 1460. The van der Waals surface area contributed by atoms with Gasteiger partial charge in [0.25, 0.3) is 0 Å². The number of hydrogen-bond acceptors (Lipinski definition) is 3. The van der Waals surface area contributed by atoms with Crippen molar-refractivity contribution in [2.24, 2.45) is 0 Å². The third-order valence-corrected chi connectivity index (χ3v) is 8.43. The zero-order valence-electron chi connectivity index (χ0n) is 22.1. The first-order valence-electron chi connectivity index (χ1n) is 13.9. The quantitative estimate of drug-likeness (QED) is 0.304. The molecule has 0 radical (unpaired) electrons. The van der Waals surface area contributed by atoms with Gasteiger partial charge in [0.1, 0.15) is 0 Å². The molecule has 0 amide bonds. The smallest absolute Gasteiger partial charge is 0.335 e. The Kier molecular flexibility index (Phi) is 6.55. The van der Waals surface area contributed by atoms with E-state index >= 15 is 0 Å². The molecular formula is C31H38N4O2. The van der Waals surface area contributed by atoms with Crippen molar-refractivity contribution >= 4 is 27.8 Å². The summed E-state index contributed by atoms with van der Waals surface area (Å²) >= 11 is 0. The molecule has 37 heavy (non-hydrogen) atoms. The van der Waals surface area contributed by atoms with Crippen molar-refractivity contribution in [2.45, 2.75) is 64.1 Å². The van der Waals surface area contributed by atoms with E-state index in [-0.39, 0.29) is 0 Å². The SMILES string of the molecule is CN(C)CCNCc1cn2c3c(cccc13)-c1c(C3CCCCC3)c3ccc(C(=O)O)cc3n1CCC2. The minimum atomic E-state index is -0.857. The summed E-state index contributed by atoms with van der Waals surface area (Å²) in [6, 6.07) is 12.6. The molecule has 2 aromatic heterocycles. The first-order chi connectivity index (χ1) is 18.0. The van der Waals surface area contributed by atoms with Crippen molar-refractivity contribution in [1.29, 1.82) is 0 Å². The number of rotatable bonds is 7. The number of hydrogen-bond donors (Lipinski definition) is 2. The van der Waals surface area contributed by atoms with Gasteiger partial charge >= 0.3 is 5.97 Å². The molecule has 0 atom stereocenters. The van der Waals surface area contributed by atoms with Crippen LogP contribution in [0, 0.1) is 0 Å². The van der Waals surface area contributed by atoms with E-state index in [0.717, 1.165) is 44.7 Å². The Morgan fingerprint density at radius 2 is 1.89 bits per heavy atom. The fourth-order valence-electron chi connectivity index (χ4n) is 6.70. The normalized spacial score (nSPS) is 16.3. The van der Waals surface area contributed by atoms with Gasteiger partial charge in [0.15, 0.2) is 0 Å². The van der Waals surface area contributed by atoms with E-state index in [1.54, 1.807) is 6.07 Å². The van der Waals surface area contributed by atoms with E-state index in [1.807, 2.05) is 6.07 Å². The number of fused-ring (bicyclic) bond motifs is 4. The summed E-state index contributed by atoms with van der Waals surface area (Å²) in [5.41, 5.74) is 8.19. The van der Waals surface area contributed by atoms with Gasteiger partial charge in [-0.2, -0.15) is 0 Å². The molecule has 0 saturated heterocycles. The first kappa shape index (κ1) is 24.3. The largest absolute Gasteiger partial charge is 0.478 e. The van der Waals surface area contributed by atoms with E-state index < -0.39 is 5.97 Å². The molecule has 6 rings (SSSR count). The Morgan fingerprint density at radius 1 is 1.05 bits per heavy atom. The monoisotopic (exact) mass is 498 g/mol. The summed E-state index contributed by atoms with van der Waals surface area (Å²) in [6.45, 7) is 4.70. The highest BCUT2D eigenvalue weighted by atomic mass is 16.4. The third kappa shape index (κ3) is 4.36. The number of nitrogens with zero attached hydrogens (tertiary/aromatic N) is 3. The van der Waals surface area contributed by atoms with Crippen LogP contribution in [0.1, 0.15) is 65.9 Å². The van der Waals surface area contributed by atoms with Crippen LogP contribution in [-0.2, 0) is 19.6 Å². The van der Waals surface area contributed by atoms with Crippen LogP contribution in [-0.4, -0.2) is 52.3 Å². The lowest BCUT2D eigenvalue weighted by Gasteiger charge is -2.25. The fraction of sp³-hybridized carbons (Fsp3) is 0.452. The van der Waals surface area contributed by atoms with Crippen LogP contribution in [0.4, 0.5) is 0 Å². The molecule has 3 heterocycles. The van der Waals surface area contributed by atoms with Crippen LogP contribution in [0.5, 0.6) is 0 Å². The molecule has 1 fully saturated rings. The lowest BCUT2D eigenvalue weighted by atomic mass is 9.81. The molecular weight excluding hydrogens is 460 g/mol. The highest BCUT2D eigenvalue weighted by Crippen LogP contribution is 2.46. The number of aryl methyl sites for hydroxylation is 2. The van der Waals surface area contributed by atoms with E-state index in [1.165, 1.54) is 70.8 Å². The highest BCUT2D eigenvalue weighted by molar-refractivity contribution is 6.03. The molecule has 0 bridgehead atoms. The predicted molar refractivity (Wildman–Crippen MR) is 151 cm³/mol. The van der Waals surface area contributed by atoms with Gasteiger partial charge in [0, 0.05) is 60.8 Å². The predicted octanol–water partition coefficient (Wildman–Crippen LogP) is 6.06. The molecule has 1 aliphatic carbocycles. The first-order valence-corrected chi connectivity index (χ1v) is 13.9.